The molecule has 0 bridgehead atoms. The summed E-state index contributed by atoms with van der Waals surface area (Å²) < 4.78 is 4.88. The topological polar surface area (TPSA) is 94.1 Å². The number of esters is 1. The van der Waals surface area contributed by atoms with Crippen molar-refractivity contribution in [3.63, 3.8) is 0 Å². The van der Waals surface area contributed by atoms with Gasteiger partial charge >= 0.3 is 5.97 Å². The van der Waals surface area contributed by atoms with Crippen LogP contribution >= 0.6 is 0 Å². The lowest BCUT2D eigenvalue weighted by atomic mass is 10.1. The zero-order valence-corrected chi connectivity index (χ0v) is 11.1. The molecule has 0 fully saturated rings. The highest BCUT2D eigenvalue weighted by atomic mass is 16.5. The smallest absolute Gasteiger partial charge is 0.349 e. The molecule has 0 rings (SSSR count). The molecular weight excluding hydrogens is 244 g/mol. The zero-order valence-electron chi connectivity index (χ0n) is 11.1. The molecule has 5 heteroatoms. The first-order valence-electron chi connectivity index (χ1n) is 6.54. The summed E-state index contributed by atoms with van der Waals surface area (Å²) in [6, 6.07) is 3.26. The Hall–Kier alpha value is -1.85. The minimum Gasteiger partial charge on any atom is -0.462 e. The summed E-state index contributed by atoms with van der Waals surface area (Å²) in [5.74, 6) is -0.730. The molecule has 0 aromatic carbocycles. The Labute approximate surface area is 114 Å². The fourth-order valence-electron chi connectivity index (χ4n) is 1.54. The number of nitrogens with zero attached hydrogens (tertiary/aromatic N) is 2. The Morgan fingerprint density at radius 1 is 1.05 bits per heavy atom. The van der Waals surface area contributed by atoms with E-state index in [1.165, 1.54) is 0 Å². The third-order valence-corrected chi connectivity index (χ3v) is 2.58. The number of allylic oxidation sites excluding steroid dienone is 1. The van der Waals surface area contributed by atoms with Crippen LogP contribution in [0.4, 0.5) is 0 Å². The van der Waals surface area contributed by atoms with Crippen molar-refractivity contribution in [1.82, 2.24) is 0 Å². The number of aliphatic hydroxyl groups is 1. The van der Waals surface area contributed by atoms with Crippen molar-refractivity contribution >= 4 is 5.97 Å². The van der Waals surface area contributed by atoms with E-state index in [1.807, 2.05) is 0 Å². The lowest BCUT2D eigenvalue weighted by Crippen LogP contribution is -2.07. The first-order chi connectivity index (χ1) is 9.26. The summed E-state index contributed by atoms with van der Waals surface area (Å²) in [5, 5.41) is 25.5. The van der Waals surface area contributed by atoms with E-state index in [4.69, 9.17) is 20.4 Å². The Morgan fingerprint density at radius 3 is 2.16 bits per heavy atom. The molecule has 0 spiro atoms. The number of rotatable bonds is 10. The molecule has 5 nitrogen and oxygen atoms in total. The maximum Gasteiger partial charge on any atom is 0.349 e. The minimum atomic E-state index is -0.730. The van der Waals surface area contributed by atoms with Crippen molar-refractivity contribution in [3.05, 3.63) is 11.6 Å². The second-order valence-corrected chi connectivity index (χ2v) is 4.13. The molecule has 0 aliphatic heterocycles. The van der Waals surface area contributed by atoms with Gasteiger partial charge in [-0.2, -0.15) is 10.5 Å². The number of hydrogen-bond donors (Lipinski definition) is 1. The van der Waals surface area contributed by atoms with Crippen LogP contribution in [-0.2, 0) is 9.53 Å². The standard InChI is InChI=1S/C14H20N2O3/c15-9-8-13(12-16)14(18)19-11-7-5-3-1-2-4-6-10-17/h8,17H,1-7,10-11H2/b13-8-. The van der Waals surface area contributed by atoms with Crippen molar-refractivity contribution in [3.8, 4) is 12.1 Å². The van der Waals surface area contributed by atoms with Gasteiger partial charge in [0.1, 0.15) is 11.6 Å². The SMILES string of the molecule is N#C/C=C(/C#N)C(=O)OCCCCCCCCCO. The van der Waals surface area contributed by atoms with E-state index in [0.717, 1.165) is 51.0 Å². The Balaban J connectivity index is 3.50. The number of carbonyl (C=O) groups is 1. The molecule has 0 aliphatic carbocycles. The first kappa shape index (κ1) is 17.2. The number of ether oxygens (including phenoxy) is 1. The Morgan fingerprint density at radius 2 is 1.63 bits per heavy atom. The van der Waals surface area contributed by atoms with Crippen LogP contribution < -0.4 is 0 Å². The maximum absolute atomic E-state index is 11.3. The van der Waals surface area contributed by atoms with Crippen molar-refractivity contribution in [1.29, 1.82) is 10.5 Å². The Kier molecular flexibility index (Phi) is 11.4. The normalized spacial score (nSPS) is 10.6. The largest absolute Gasteiger partial charge is 0.462 e. The number of aliphatic hydroxyl groups excluding tert-OH is 1. The Bertz CT molecular complexity index is 364. The van der Waals surface area contributed by atoms with Gasteiger partial charge in [-0.05, 0) is 12.8 Å². The van der Waals surface area contributed by atoms with Gasteiger partial charge in [-0.3, -0.25) is 0 Å². The highest BCUT2D eigenvalue weighted by molar-refractivity contribution is 5.93. The van der Waals surface area contributed by atoms with Gasteiger partial charge in [0.25, 0.3) is 0 Å². The molecule has 0 atom stereocenters. The van der Waals surface area contributed by atoms with Crippen LogP contribution in [0.25, 0.3) is 0 Å². The molecule has 19 heavy (non-hydrogen) atoms. The van der Waals surface area contributed by atoms with Gasteiger partial charge in [0.05, 0.1) is 12.7 Å². The molecule has 0 saturated heterocycles. The summed E-state index contributed by atoms with van der Waals surface area (Å²) in [5.41, 5.74) is -0.258. The van der Waals surface area contributed by atoms with Crippen molar-refractivity contribution < 1.29 is 14.6 Å². The van der Waals surface area contributed by atoms with Crippen LogP contribution in [0, 0.1) is 22.7 Å². The van der Waals surface area contributed by atoms with Gasteiger partial charge in [0, 0.05) is 12.7 Å². The molecule has 0 aromatic heterocycles. The molecule has 0 radical (unpaired) electrons. The summed E-state index contributed by atoms with van der Waals surface area (Å²) in [6.45, 7) is 0.535. The van der Waals surface area contributed by atoms with E-state index < -0.39 is 5.97 Å². The van der Waals surface area contributed by atoms with Crippen LogP contribution in [-0.4, -0.2) is 24.3 Å². The molecule has 0 saturated carbocycles. The second kappa shape index (κ2) is 12.6. The summed E-state index contributed by atoms with van der Waals surface area (Å²) in [7, 11) is 0. The van der Waals surface area contributed by atoms with Crippen LogP contribution in [0.1, 0.15) is 44.9 Å². The van der Waals surface area contributed by atoms with E-state index in [9.17, 15) is 4.79 Å². The summed E-state index contributed by atoms with van der Waals surface area (Å²) in [4.78, 5) is 11.3. The molecule has 0 aliphatic rings. The average molecular weight is 264 g/mol. The van der Waals surface area contributed by atoms with Gasteiger partial charge in [-0.15, -0.1) is 0 Å². The monoisotopic (exact) mass is 264 g/mol. The predicted octanol–water partition coefficient (Wildman–Crippen LogP) is 2.23. The zero-order chi connectivity index (χ0) is 14.3. The lowest BCUT2D eigenvalue weighted by molar-refractivity contribution is -0.138. The van der Waals surface area contributed by atoms with E-state index in [2.05, 4.69) is 0 Å². The van der Waals surface area contributed by atoms with Gasteiger partial charge < -0.3 is 9.84 Å². The number of nitriles is 2. The van der Waals surface area contributed by atoms with Crippen LogP contribution in [0.15, 0.2) is 11.6 Å². The fraction of sp³-hybridized carbons (Fsp3) is 0.643. The van der Waals surface area contributed by atoms with E-state index >= 15 is 0 Å². The minimum absolute atomic E-state index is 0.257. The highest BCUT2D eigenvalue weighted by Gasteiger charge is 2.09. The highest BCUT2D eigenvalue weighted by Crippen LogP contribution is 2.07. The third kappa shape index (κ3) is 9.82. The van der Waals surface area contributed by atoms with Crippen molar-refractivity contribution in [2.45, 2.75) is 44.9 Å². The number of carbonyl (C=O) groups excluding carboxylic acids is 1. The molecule has 0 amide bonds. The quantitative estimate of drug-likeness (QED) is 0.282. The van der Waals surface area contributed by atoms with Crippen LogP contribution in [0.2, 0.25) is 0 Å². The predicted molar refractivity (Wildman–Crippen MR) is 69.7 cm³/mol. The number of hydrogen-bond acceptors (Lipinski definition) is 5. The van der Waals surface area contributed by atoms with E-state index in [1.54, 1.807) is 12.1 Å². The molecule has 0 aromatic rings. The molecule has 0 unspecified atom stereocenters. The maximum atomic E-state index is 11.3. The van der Waals surface area contributed by atoms with Gasteiger partial charge in [0.15, 0.2) is 0 Å². The van der Waals surface area contributed by atoms with Crippen molar-refractivity contribution in [2.24, 2.45) is 0 Å². The summed E-state index contributed by atoms with van der Waals surface area (Å²) in [6.07, 6.45) is 7.84. The molecular formula is C14H20N2O3. The molecule has 104 valence electrons. The van der Waals surface area contributed by atoms with Gasteiger partial charge in [0.2, 0.25) is 0 Å². The lowest BCUT2D eigenvalue weighted by Gasteiger charge is -2.03. The number of unbranched alkanes of at least 4 members (excludes halogenated alkanes) is 6. The van der Waals surface area contributed by atoms with Crippen LogP contribution in [0.3, 0.4) is 0 Å². The van der Waals surface area contributed by atoms with Gasteiger partial charge in [-0.1, -0.05) is 32.1 Å². The van der Waals surface area contributed by atoms with Crippen LogP contribution in [0.5, 0.6) is 0 Å². The van der Waals surface area contributed by atoms with Gasteiger partial charge in [-0.25, -0.2) is 4.79 Å². The first-order valence-corrected chi connectivity index (χ1v) is 6.54. The second-order valence-electron chi connectivity index (χ2n) is 4.13. The average Bonchev–Trinajstić information content (AvgIpc) is 2.42. The summed E-state index contributed by atoms with van der Waals surface area (Å²) >= 11 is 0. The van der Waals surface area contributed by atoms with Crippen molar-refractivity contribution in [2.75, 3.05) is 13.2 Å². The molecule has 0 heterocycles. The fourth-order valence-corrected chi connectivity index (χ4v) is 1.54. The third-order valence-electron chi connectivity index (χ3n) is 2.58. The van der Waals surface area contributed by atoms with E-state index in [-0.39, 0.29) is 18.8 Å². The molecule has 1 N–H and O–H groups in total. The van der Waals surface area contributed by atoms with E-state index in [0.29, 0.717) is 0 Å².